The molecular formula is C14H8ClF4NO. The van der Waals surface area contributed by atoms with Crippen molar-refractivity contribution in [1.29, 1.82) is 0 Å². The standard InChI is InChI=1S/C14H8ClF4NO/c15-10-6-3-7-11(12(10)16)20-13(21)8-4-1-2-5-9(8)14(17,18)19/h1-7H,(H,20,21). The zero-order valence-electron chi connectivity index (χ0n) is 10.3. The molecule has 2 rings (SSSR count). The molecule has 0 heterocycles. The van der Waals surface area contributed by atoms with E-state index in [-0.39, 0.29) is 10.7 Å². The zero-order valence-corrected chi connectivity index (χ0v) is 11.1. The first kappa shape index (κ1) is 15.3. The van der Waals surface area contributed by atoms with Crippen molar-refractivity contribution >= 4 is 23.2 Å². The maximum Gasteiger partial charge on any atom is 0.417 e. The minimum absolute atomic E-state index is 0.239. The number of carbonyl (C=O) groups excluding carboxylic acids is 1. The van der Waals surface area contributed by atoms with Crippen LogP contribution in [0.15, 0.2) is 42.5 Å². The van der Waals surface area contributed by atoms with E-state index in [1.54, 1.807) is 0 Å². The predicted molar refractivity (Wildman–Crippen MR) is 70.8 cm³/mol. The number of amides is 1. The number of benzene rings is 2. The van der Waals surface area contributed by atoms with Crippen molar-refractivity contribution in [3.8, 4) is 0 Å². The molecule has 0 aliphatic carbocycles. The molecule has 1 amide bonds. The fraction of sp³-hybridized carbons (Fsp3) is 0.0714. The van der Waals surface area contributed by atoms with E-state index in [1.165, 1.54) is 30.3 Å². The number of hydrogen-bond acceptors (Lipinski definition) is 1. The maximum absolute atomic E-state index is 13.6. The highest BCUT2D eigenvalue weighted by Gasteiger charge is 2.34. The molecule has 2 aromatic carbocycles. The smallest absolute Gasteiger partial charge is 0.319 e. The normalized spacial score (nSPS) is 11.3. The average Bonchev–Trinajstić information content (AvgIpc) is 2.43. The summed E-state index contributed by atoms with van der Waals surface area (Å²) in [4.78, 5) is 11.9. The molecule has 0 radical (unpaired) electrons. The van der Waals surface area contributed by atoms with Crippen LogP contribution >= 0.6 is 11.6 Å². The first-order chi connectivity index (χ1) is 9.80. The Morgan fingerprint density at radius 1 is 1.05 bits per heavy atom. The fourth-order valence-electron chi connectivity index (χ4n) is 1.72. The highest BCUT2D eigenvalue weighted by Crippen LogP contribution is 2.32. The van der Waals surface area contributed by atoms with Gasteiger partial charge in [0.25, 0.3) is 5.91 Å². The summed E-state index contributed by atoms with van der Waals surface area (Å²) in [5.74, 6) is -1.97. The van der Waals surface area contributed by atoms with Crippen LogP contribution in [0, 0.1) is 5.82 Å². The van der Waals surface area contributed by atoms with Crippen molar-refractivity contribution in [3.63, 3.8) is 0 Å². The summed E-state index contributed by atoms with van der Waals surface area (Å²) in [5, 5.41) is 1.84. The topological polar surface area (TPSA) is 29.1 Å². The van der Waals surface area contributed by atoms with Crippen LogP contribution < -0.4 is 5.32 Å². The molecule has 0 aromatic heterocycles. The second kappa shape index (κ2) is 5.73. The van der Waals surface area contributed by atoms with E-state index < -0.39 is 29.0 Å². The van der Waals surface area contributed by atoms with Crippen LogP contribution in [0.4, 0.5) is 23.2 Å². The Morgan fingerprint density at radius 3 is 2.38 bits per heavy atom. The molecule has 1 N–H and O–H groups in total. The van der Waals surface area contributed by atoms with Crippen molar-refractivity contribution in [2.45, 2.75) is 6.18 Å². The monoisotopic (exact) mass is 317 g/mol. The summed E-state index contributed by atoms with van der Waals surface area (Å²) in [6.07, 6.45) is -4.68. The molecular weight excluding hydrogens is 310 g/mol. The highest BCUT2D eigenvalue weighted by atomic mass is 35.5. The zero-order chi connectivity index (χ0) is 15.6. The van der Waals surface area contributed by atoms with Gasteiger partial charge in [-0.2, -0.15) is 13.2 Å². The van der Waals surface area contributed by atoms with E-state index in [9.17, 15) is 22.4 Å². The molecule has 0 aliphatic rings. The van der Waals surface area contributed by atoms with E-state index in [0.717, 1.165) is 12.1 Å². The number of rotatable bonds is 2. The van der Waals surface area contributed by atoms with Crippen LogP contribution in [0.1, 0.15) is 15.9 Å². The number of hydrogen-bond donors (Lipinski definition) is 1. The lowest BCUT2D eigenvalue weighted by Crippen LogP contribution is -2.19. The van der Waals surface area contributed by atoms with E-state index in [1.807, 2.05) is 0 Å². The minimum atomic E-state index is -4.68. The maximum atomic E-state index is 13.6. The lowest BCUT2D eigenvalue weighted by Gasteiger charge is -2.13. The van der Waals surface area contributed by atoms with Crippen molar-refractivity contribution in [2.24, 2.45) is 0 Å². The molecule has 2 aromatic rings. The number of halogens is 5. The van der Waals surface area contributed by atoms with Gasteiger partial charge in [-0.3, -0.25) is 4.79 Å². The summed E-state index contributed by atoms with van der Waals surface area (Å²) in [6, 6.07) is 8.09. The van der Waals surface area contributed by atoms with Crippen LogP contribution in [0.2, 0.25) is 5.02 Å². The third kappa shape index (κ3) is 3.33. The van der Waals surface area contributed by atoms with E-state index >= 15 is 0 Å². The third-order valence-corrected chi connectivity index (χ3v) is 2.97. The minimum Gasteiger partial charge on any atom is -0.319 e. The SMILES string of the molecule is O=C(Nc1cccc(Cl)c1F)c1ccccc1C(F)(F)F. The van der Waals surface area contributed by atoms with Gasteiger partial charge in [0.15, 0.2) is 5.82 Å². The molecule has 0 unspecified atom stereocenters. The molecule has 0 atom stereocenters. The molecule has 2 nitrogen and oxygen atoms in total. The Morgan fingerprint density at radius 2 is 1.71 bits per heavy atom. The Balaban J connectivity index is 2.36. The number of nitrogens with one attached hydrogen (secondary N) is 1. The Kier molecular flexibility index (Phi) is 4.18. The molecule has 0 spiro atoms. The third-order valence-electron chi connectivity index (χ3n) is 2.68. The van der Waals surface area contributed by atoms with Gasteiger partial charge in [-0.1, -0.05) is 29.8 Å². The van der Waals surface area contributed by atoms with Gasteiger partial charge in [0.2, 0.25) is 0 Å². The Hall–Kier alpha value is -2.08. The van der Waals surface area contributed by atoms with Crippen LogP contribution in [-0.2, 0) is 6.18 Å². The van der Waals surface area contributed by atoms with Gasteiger partial charge in [0.1, 0.15) is 0 Å². The highest BCUT2D eigenvalue weighted by molar-refractivity contribution is 6.31. The summed E-state index contributed by atoms with van der Waals surface area (Å²) >= 11 is 5.54. The van der Waals surface area contributed by atoms with Gasteiger partial charge < -0.3 is 5.32 Å². The molecule has 0 fully saturated rings. The first-order valence-electron chi connectivity index (χ1n) is 5.72. The van der Waals surface area contributed by atoms with Crippen LogP contribution in [-0.4, -0.2) is 5.91 Å². The summed E-state index contributed by atoms with van der Waals surface area (Å²) < 4.78 is 52.1. The van der Waals surface area contributed by atoms with Crippen molar-refractivity contribution < 1.29 is 22.4 Å². The van der Waals surface area contributed by atoms with Gasteiger partial charge >= 0.3 is 6.18 Å². The summed E-state index contributed by atoms with van der Waals surface area (Å²) in [7, 11) is 0. The molecule has 0 saturated heterocycles. The predicted octanol–water partition coefficient (Wildman–Crippen LogP) is 4.75. The van der Waals surface area contributed by atoms with Crippen LogP contribution in [0.3, 0.4) is 0 Å². The first-order valence-corrected chi connectivity index (χ1v) is 6.10. The van der Waals surface area contributed by atoms with E-state index in [4.69, 9.17) is 11.6 Å². The lowest BCUT2D eigenvalue weighted by atomic mass is 10.1. The average molecular weight is 318 g/mol. The molecule has 0 bridgehead atoms. The molecule has 110 valence electrons. The molecule has 0 aliphatic heterocycles. The Bertz CT molecular complexity index is 685. The second-order valence-corrected chi connectivity index (χ2v) is 4.51. The van der Waals surface area contributed by atoms with Crippen LogP contribution in [0.25, 0.3) is 0 Å². The van der Waals surface area contributed by atoms with Gasteiger partial charge in [0, 0.05) is 0 Å². The summed E-state index contributed by atoms with van der Waals surface area (Å²) in [6.45, 7) is 0. The largest absolute Gasteiger partial charge is 0.417 e. The van der Waals surface area contributed by atoms with Gasteiger partial charge in [-0.05, 0) is 24.3 Å². The molecule has 21 heavy (non-hydrogen) atoms. The van der Waals surface area contributed by atoms with Crippen molar-refractivity contribution in [3.05, 3.63) is 64.4 Å². The number of alkyl halides is 3. The van der Waals surface area contributed by atoms with Gasteiger partial charge in [-0.25, -0.2) is 4.39 Å². The van der Waals surface area contributed by atoms with Crippen LogP contribution in [0.5, 0.6) is 0 Å². The second-order valence-electron chi connectivity index (χ2n) is 4.10. The van der Waals surface area contributed by atoms with Crippen molar-refractivity contribution in [2.75, 3.05) is 5.32 Å². The number of anilines is 1. The Labute approximate surface area is 122 Å². The molecule has 0 saturated carbocycles. The molecule has 7 heteroatoms. The lowest BCUT2D eigenvalue weighted by molar-refractivity contribution is -0.137. The fourth-order valence-corrected chi connectivity index (χ4v) is 1.89. The van der Waals surface area contributed by atoms with Gasteiger partial charge in [0.05, 0.1) is 21.8 Å². The van der Waals surface area contributed by atoms with E-state index in [2.05, 4.69) is 5.32 Å². The van der Waals surface area contributed by atoms with E-state index in [0.29, 0.717) is 0 Å². The van der Waals surface area contributed by atoms with Gasteiger partial charge in [-0.15, -0.1) is 0 Å². The van der Waals surface area contributed by atoms with Crippen molar-refractivity contribution in [1.82, 2.24) is 0 Å². The quantitative estimate of drug-likeness (QED) is 0.796. The number of carbonyl (C=O) groups is 1. The summed E-state index contributed by atoms with van der Waals surface area (Å²) in [5.41, 5.74) is -1.97.